The van der Waals surface area contributed by atoms with E-state index in [4.69, 9.17) is 5.73 Å². The van der Waals surface area contributed by atoms with E-state index < -0.39 is 0 Å². The molecule has 0 spiro atoms. The van der Waals surface area contributed by atoms with Crippen LogP contribution in [0.3, 0.4) is 0 Å². The molecule has 0 aliphatic rings. The third-order valence-electron chi connectivity index (χ3n) is 2.77. The summed E-state index contributed by atoms with van der Waals surface area (Å²) in [6.45, 7) is 0.631. The molecule has 106 valence electrons. The summed E-state index contributed by atoms with van der Waals surface area (Å²) in [6, 6.07) is 10.1. The van der Waals surface area contributed by atoms with Crippen LogP contribution in [-0.4, -0.2) is 19.1 Å². The Balaban J connectivity index is 0.000001000. The average molecular weight is 312 g/mol. The quantitative estimate of drug-likeness (QED) is 0.808. The first-order valence-electron chi connectivity index (χ1n) is 5.68. The Kier molecular flexibility index (Phi) is 5.61. The Labute approximate surface area is 129 Å². The average Bonchev–Trinajstić information content (AvgIpc) is 3.02. The number of hydrogen-bond acceptors (Lipinski definition) is 3. The standard InChI is InChI=1S/C13H13N5.2ClH/c14-13-15-6-7-17(13)8-11-9-18(10-16-11)12-4-2-1-3-5-12;;/h1-7,9-10H,8H2,(H2,14,15);2*1H. The van der Waals surface area contributed by atoms with E-state index in [9.17, 15) is 0 Å². The molecule has 2 aromatic heterocycles. The molecule has 2 heterocycles. The van der Waals surface area contributed by atoms with Crippen LogP contribution >= 0.6 is 24.8 Å². The van der Waals surface area contributed by atoms with Crippen molar-refractivity contribution in [2.45, 2.75) is 6.54 Å². The molecule has 0 unspecified atom stereocenters. The van der Waals surface area contributed by atoms with Gasteiger partial charge in [-0.2, -0.15) is 0 Å². The van der Waals surface area contributed by atoms with Gasteiger partial charge in [0.1, 0.15) is 0 Å². The molecule has 2 N–H and O–H groups in total. The van der Waals surface area contributed by atoms with Crippen molar-refractivity contribution in [1.29, 1.82) is 0 Å². The first-order chi connectivity index (χ1) is 8.83. The van der Waals surface area contributed by atoms with Crippen LogP contribution < -0.4 is 5.73 Å². The van der Waals surface area contributed by atoms with Crippen molar-refractivity contribution in [2.24, 2.45) is 0 Å². The van der Waals surface area contributed by atoms with Gasteiger partial charge in [-0.1, -0.05) is 18.2 Å². The fourth-order valence-corrected chi connectivity index (χ4v) is 1.84. The van der Waals surface area contributed by atoms with Gasteiger partial charge in [0.25, 0.3) is 0 Å². The van der Waals surface area contributed by atoms with Crippen LogP contribution in [0.25, 0.3) is 5.69 Å². The van der Waals surface area contributed by atoms with Crippen molar-refractivity contribution in [2.75, 3.05) is 5.73 Å². The lowest BCUT2D eigenvalue weighted by Crippen LogP contribution is -2.03. The molecule has 0 atom stereocenters. The third kappa shape index (κ3) is 3.31. The molecule has 5 nitrogen and oxygen atoms in total. The van der Waals surface area contributed by atoms with E-state index in [-0.39, 0.29) is 24.8 Å². The highest BCUT2D eigenvalue weighted by Crippen LogP contribution is 2.10. The minimum absolute atomic E-state index is 0. The predicted octanol–water partition coefficient (Wildman–Crippen LogP) is 2.54. The lowest BCUT2D eigenvalue weighted by Gasteiger charge is -2.01. The molecule has 0 amide bonds. The molecule has 7 heteroatoms. The van der Waals surface area contributed by atoms with Crippen molar-refractivity contribution < 1.29 is 0 Å². The number of para-hydroxylation sites is 1. The van der Waals surface area contributed by atoms with Gasteiger partial charge in [-0.3, -0.25) is 0 Å². The van der Waals surface area contributed by atoms with E-state index >= 15 is 0 Å². The van der Waals surface area contributed by atoms with Gasteiger partial charge in [0.05, 0.1) is 18.6 Å². The van der Waals surface area contributed by atoms with Gasteiger partial charge < -0.3 is 14.9 Å². The molecule has 0 fully saturated rings. The molecule has 0 radical (unpaired) electrons. The number of nitrogens with zero attached hydrogens (tertiary/aromatic N) is 4. The number of imidazole rings is 2. The second-order valence-corrected chi connectivity index (χ2v) is 4.02. The minimum atomic E-state index is 0. The van der Waals surface area contributed by atoms with E-state index in [1.807, 2.05) is 51.9 Å². The Hall–Kier alpha value is -1.98. The van der Waals surface area contributed by atoms with Crippen LogP contribution in [0.5, 0.6) is 0 Å². The normalized spacial score (nSPS) is 9.60. The Morgan fingerprint density at radius 2 is 1.80 bits per heavy atom. The molecular weight excluding hydrogens is 297 g/mol. The number of rotatable bonds is 3. The summed E-state index contributed by atoms with van der Waals surface area (Å²) in [4.78, 5) is 8.35. The predicted molar refractivity (Wildman–Crippen MR) is 83.8 cm³/mol. The van der Waals surface area contributed by atoms with Gasteiger partial charge in [-0.25, -0.2) is 9.97 Å². The van der Waals surface area contributed by atoms with Crippen LogP contribution in [0.4, 0.5) is 5.95 Å². The van der Waals surface area contributed by atoms with E-state index in [0.717, 1.165) is 11.4 Å². The Morgan fingerprint density at radius 3 is 2.45 bits per heavy atom. The smallest absolute Gasteiger partial charge is 0.200 e. The number of aromatic nitrogens is 4. The van der Waals surface area contributed by atoms with Crippen LogP contribution in [-0.2, 0) is 6.54 Å². The number of nitrogens with two attached hydrogens (primary N) is 1. The zero-order valence-electron chi connectivity index (χ0n) is 10.6. The highest BCUT2D eigenvalue weighted by Gasteiger charge is 2.03. The fourth-order valence-electron chi connectivity index (χ4n) is 1.84. The topological polar surface area (TPSA) is 61.7 Å². The van der Waals surface area contributed by atoms with Crippen molar-refractivity contribution in [3.05, 3.63) is 60.9 Å². The Bertz CT molecular complexity index is 648. The number of anilines is 1. The maximum atomic E-state index is 5.72. The van der Waals surface area contributed by atoms with Crippen LogP contribution in [0.1, 0.15) is 5.69 Å². The molecule has 3 aromatic rings. The molecule has 3 rings (SSSR count). The second kappa shape index (κ2) is 6.98. The third-order valence-corrected chi connectivity index (χ3v) is 2.77. The first kappa shape index (κ1) is 16.1. The van der Waals surface area contributed by atoms with E-state index in [1.54, 1.807) is 12.5 Å². The highest BCUT2D eigenvalue weighted by atomic mass is 35.5. The summed E-state index contributed by atoms with van der Waals surface area (Å²) in [6.07, 6.45) is 7.33. The van der Waals surface area contributed by atoms with Gasteiger partial charge in [-0.15, -0.1) is 24.8 Å². The molecule has 0 saturated carbocycles. The van der Waals surface area contributed by atoms with Gasteiger partial charge >= 0.3 is 0 Å². The highest BCUT2D eigenvalue weighted by molar-refractivity contribution is 5.85. The van der Waals surface area contributed by atoms with E-state index in [1.165, 1.54) is 0 Å². The summed E-state index contributed by atoms with van der Waals surface area (Å²) < 4.78 is 3.85. The fraction of sp³-hybridized carbons (Fsp3) is 0.0769. The maximum absolute atomic E-state index is 5.72. The monoisotopic (exact) mass is 311 g/mol. The zero-order chi connectivity index (χ0) is 12.4. The van der Waals surface area contributed by atoms with Gasteiger partial charge in [0.2, 0.25) is 0 Å². The summed E-state index contributed by atoms with van der Waals surface area (Å²) in [5, 5.41) is 0. The number of halogens is 2. The second-order valence-electron chi connectivity index (χ2n) is 4.02. The molecule has 20 heavy (non-hydrogen) atoms. The summed E-state index contributed by atoms with van der Waals surface area (Å²) in [5.41, 5.74) is 7.76. The lowest BCUT2D eigenvalue weighted by molar-refractivity contribution is 0.790. The van der Waals surface area contributed by atoms with Crippen molar-refractivity contribution in [3.63, 3.8) is 0 Å². The summed E-state index contributed by atoms with van der Waals surface area (Å²) in [7, 11) is 0. The SMILES string of the molecule is Cl.Cl.Nc1nccn1Cc1cn(-c2ccccc2)cn1. The largest absolute Gasteiger partial charge is 0.369 e. The van der Waals surface area contributed by atoms with Gasteiger partial charge in [0, 0.05) is 24.3 Å². The van der Waals surface area contributed by atoms with Crippen LogP contribution in [0.15, 0.2) is 55.2 Å². The number of nitrogen functional groups attached to an aromatic ring is 1. The molecule has 1 aromatic carbocycles. The Morgan fingerprint density at radius 1 is 1.05 bits per heavy atom. The van der Waals surface area contributed by atoms with Gasteiger partial charge in [-0.05, 0) is 12.1 Å². The molecule has 0 saturated heterocycles. The van der Waals surface area contributed by atoms with Gasteiger partial charge in [0.15, 0.2) is 5.95 Å². The zero-order valence-corrected chi connectivity index (χ0v) is 12.2. The summed E-state index contributed by atoms with van der Waals surface area (Å²) in [5.74, 6) is 0.504. The minimum Gasteiger partial charge on any atom is -0.369 e. The van der Waals surface area contributed by atoms with E-state index in [2.05, 4.69) is 9.97 Å². The molecule has 0 aliphatic carbocycles. The van der Waals surface area contributed by atoms with Crippen molar-refractivity contribution in [1.82, 2.24) is 19.1 Å². The molecular formula is C13H15Cl2N5. The van der Waals surface area contributed by atoms with Crippen LogP contribution in [0.2, 0.25) is 0 Å². The van der Waals surface area contributed by atoms with Crippen molar-refractivity contribution in [3.8, 4) is 5.69 Å². The number of benzene rings is 1. The molecule has 0 aliphatic heterocycles. The summed E-state index contributed by atoms with van der Waals surface area (Å²) >= 11 is 0. The van der Waals surface area contributed by atoms with Crippen LogP contribution in [0, 0.1) is 0 Å². The molecule has 0 bridgehead atoms. The maximum Gasteiger partial charge on any atom is 0.200 e. The number of hydrogen-bond donors (Lipinski definition) is 1. The first-order valence-corrected chi connectivity index (χ1v) is 5.68. The van der Waals surface area contributed by atoms with Crippen molar-refractivity contribution >= 4 is 30.8 Å². The van der Waals surface area contributed by atoms with E-state index in [0.29, 0.717) is 12.5 Å². The lowest BCUT2D eigenvalue weighted by atomic mass is 10.3.